The van der Waals surface area contributed by atoms with E-state index in [2.05, 4.69) is 35.2 Å². The molecule has 0 radical (unpaired) electrons. The van der Waals surface area contributed by atoms with Crippen molar-refractivity contribution in [1.82, 2.24) is 4.90 Å². The molecule has 0 aromatic heterocycles. The van der Waals surface area contributed by atoms with E-state index in [9.17, 15) is 4.79 Å². The number of ether oxygens (including phenoxy) is 1. The van der Waals surface area contributed by atoms with Crippen LogP contribution in [0.2, 0.25) is 0 Å². The van der Waals surface area contributed by atoms with Crippen molar-refractivity contribution >= 4 is 23.4 Å². The van der Waals surface area contributed by atoms with Gasteiger partial charge in [0.1, 0.15) is 5.75 Å². The topological polar surface area (TPSA) is 32.8 Å². The molecule has 1 fully saturated rings. The molecule has 2 heterocycles. The van der Waals surface area contributed by atoms with Gasteiger partial charge in [0.25, 0.3) is 0 Å². The van der Waals surface area contributed by atoms with Crippen LogP contribution in [0.4, 0.5) is 5.69 Å². The number of carbonyl (C=O) groups is 1. The minimum Gasteiger partial charge on any atom is -0.497 e. The van der Waals surface area contributed by atoms with Crippen molar-refractivity contribution in [2.45, 2.75) is 16.6 Å². The van der Waals surface area contributed by atoms with Gasteiger partial charge in [0.05, 0.1) is 12.4 Å². The standard InChI is InChI=1S/C20H22N2O2S/c1-24-17-7-4-6-16(14-17)21-9-11-22(12-10-21)20(23)19-13-15-5-2-3-8-18(15)25-19/h2-8,14,19H,9-13H2,1H3. The molecule has 1 saturated heterocycles. The molecule has 25 heavy (non-hydrogen) atoms. The first-order valence-corrected chi connectivity index (χ1v) is 9.55. The first-order valence-electron chi connectivity index (χ1n) is 8.67. The van der Waals surface area contributed by atoms with Crippen LogP contribution in [0.15, 0.2) is 53.4 Å². The fraction of sp³-hybridized carbons (Fsp3) is 0.350. The van der Waals surface area contributed by atoms with E-state index >= 15 is 0 Å². The van der Waals surface area contributed by atoms with Gasteiger partial charge >= 0.3 is 0 Å². The Morgan fingerprint density at radius 3 is 2.64 bits per heavy atom. The van der Waals surface area contributed by atoms with Gasteiger partial charge in [-0.3, -0.25) is 4.79 Å². The van der Waals surface area contributed by atoms with Crippen LogP contribution in [0.5, 0.6) is 5.75 Å². The smallest absolute Gasteiger partial charge is 0.236 e. The number of piperazine rings is 1. The van der Waals surface area contributed by atoms with Gasteiger partial charge in [0.2, 0.25) is 5.91 Å². The summed E-state index contributed by atoms with van der Waals surface area (Å²) in [5, 5.41) is 0.0424. The molecular weight excluding hydrogens is 332 g/mol. The second-order valence-corrected chi connectivity index (χ2v) is 7.68. The quantitative estimate of drug-likeness (QED) is 0.848. The minimum absolute atomic E-state index is 0.0424. The summed E-state index contributed by atoms with van der Waals surface area (Å²) in [5.41, 5.74) is 2.47. The number of rotatable bonds is 3. The van der Waals surface area contributed by atoms with Gasteiger partial charge in [-0.05, 0) is 30.2 Å². The third kappa shape index (κ3) is 3.33. The predicted molar refractivity (Wildman–Crippen MR) is 102 cm³/mol. The van der Waals surface area contributed by atoms with E-state index in [0.29, 0.717) is 0 Å². The van der Waals surface area contributed by atoms with Crippen LogP contribution >= 0.6 is 11.8 Å². The van der Waals surface area contributed by atoms with Crippen molar-refractivity contribution in [3.05, 3.63) is 54.1 Å². The summed E-state index contributed by atoms with van der Waals surface area (Å²) in [5.74, 6) is 1.16. The van der Waals surface area contributed by atoms with E-state index < -0.39 is 0 Å². The van der Waals surface area contributed by atoms with Crippen molar-refractivity contribution in [2.75, 3.05) is 38.2 Å². The Bertz CT molecular complexity index is 747. The maximum Gasteiger partial charge on any atom is 0.236 e. The number of fused-ring (bicyclic) bond motifs is 1. The molecule has 2 aliphatic heterocycles. The summed E-state index contributed by atoms with van der Waals surface area (Å²) in [6, 6.07) is 16.5. The van der Waals surface area contributed by atoms with Crippen LogP contribution in [-0.2, 0) is 11.2 Å². The molecule has 4 nitrogen and oxygen atoms in total. The lowest BCUT2D eigenvalue weighted by atomic mass is 10.1. The molecule has 2 aliphatic rings. The van der Waals surface area contributed by atoms with Crippen molar-refractivity contribution in [2.24, 2.45) is 0 Å². The maximum atomic E-state index is 12.9. The first-order chi connectivity index (χ1) is 12.2. The number of amides is 1. The van der Waals surface area contributed by atoms with Crippen LogP contribution in [0.25, 0.3) is 0 Å². The second-order valence-electron chi connectivity index (χ2n) is 6.43. The molecule has 1 amide bonds. The molecule has 130 valence electrons. The highest BCUT2D eigenvalue weighted by atomic mass is 32.2. The zero-order chi connectivity index (χ0) is 17.2. The number of hydrogen-bond donors (Lipinski definition) is 0. The molecule has 2 aromatic rings. The molecule has 0 saturated carbocycles. The molecule has 4 rings (SSSR count). The van der Waals surface area contributed by atoms with Gasteiger partial charge in [-0.2, -0.15) is 0 Å². The average Bonchev–Trinajstić information content (AvgIpc) is 3.12. The number of anilines is 1. The fourth-order valence-electron chi connectivity index (χ4n) is 3.52. The van der Waals surface area contributed by atoms with Gasteiger partial charge in [-0.1, -0.05) is 24.3 Å². The van der Waals surface area contributed by atoms with Crippen LogP contribution < -0.4 is 9.64 Å². The van der Waals surface area contributed by atoms with Gasteiger partial charge in [0, 0.05) is 42.8 Å². The van der Waals surface area contributed by atoms with Gasteiger partial charge in [-0.15, -0.1) is 11.8 Å². The molecule has 0 bridgehead atoms. The Morgan fingerprint density at radius 1 is 1.08 bits per heavy atom. The van der Waals surface area contributed by atoms with E-state index in [4.69, 9.17) is 4.74 Å². The highest BCUT2D eigenvalue weighted by Gasteiger charge is 2.32. The van der Waals surface area contributed by atoms with E-state index in [1.54, 1.807) is 18.9 Å². The van der Waals surface area contributed by atoms with Gasteiger partial charge in [-0.25, -0.2) is 0 Å². The SMILES string of the molecule is COc1cccc(N2CCN(C(=O)C3Cc4ccccc4S3)CC2)c1. The summed E-state index contributed by atoms with van der Waals surface area (Å²) in [6.45, 7) is 3.29. The highest BCUT2D eigenvalue weighted by Crippen LogP contribution is 2.37. The number of methoxy groups -OCH3 is 1. The Morgan fingerprint density at radius 2 is 1.88 bits per heavy atom. The largest absolute Gasteiger partial charge is 0.497 e. The zero-order valence-corrected chi connectivity index (χ0v) is 15.2. The monoisotopic (exact) mass is 354 g/mol. The first kappa shape index (κ1) is 16.3. The predicted octanol–water partition coefficient (Wildman–Crippen LogP) is 3.06. The number of carbonyl (C=O) groups excluding carboxylic acids is 1. The molecule has 2 aromatic carbocycles. The lowest BCUT2D eigenvalue weighted by Gasteiger charge is -2.37. The Hall–Kier alpha value is -2.14. The maximum absolute atomic E-state index is 12.9. The fourth-order valence-corrected chi connectivity index (χ4v) is 4.79. The van der Waals surface area contributed by atoms with Crippen LogP contribution in [-0.4, -0.2) is 49.3 Å². The van der Waals surface area contributed by atoms with Crippen LogP contribution in [0.3, 0.4) is 0 Å². The Kier molecular flexibility index (Phi) is 4.57. The molecule has 0 aliphatic carbocycles. The molecule has 1 unspecified atom stereocenters. The van der Waals surface area contributed by atoms with Crippen molar-refractivity contribution in [3.8, 4) is 5.75 Å². The van der Waals surface area contributed by atoms with Gasteiger partial charge < -0.3 is 14.5 Å². The molecular formula is C20H22N2O2S. The Balaban J connectivity index is 1.36. The van der Waals surface area contributed by atoms with E-state index in [1.165, 1.54) is 10.5 Å². The molecule has 0 N–H and O–H groups in total. The van der Waals surface area contributed by atoms with Gasteiger partial charge in [0.15, 0.2) is 0 Å². The zero-order valence-electron chi connectivity index (χ0n) is 14.4. The van der Waals surface area contributed by atoms with E-state index in [1.807, 2.05) is 23.1 Å². The number of thioether (sulfide) groups is 1. The third-order valence-electron chi connectivity index (χ3n) is 4.93. The lowest BCUT2D eigenvalue weighted by molar-refractivity contribution is -0.130. The number of benzene rings is 2. The number of hydrogen-bond acceptors (Lipinski definition) is 4. The van der Waals surface area contributed by atoms with E-state index in [0.717, 1.165) is 44.0 Å². The highest BCUT2D eigenvalue weighted by molar-refractivity contribution is 8.01. The third-order valence-corrected chi connectivity index (χ3v) is 6.24. The lowest BCUT2D eigenvalue weighted by Crippen LogP contribution is -2.51. The van der Waals surface area contributed by atoms with Crippen LogP contribution in [0.1, 0.15) is 5.56 Å². The average molecular weight is 354 g/mol. The minimum atomic E-state index is 0.0424. The Labute approximate surface area is 152 Å². The van der Waals surface area contributed by atoms with Crippen molar-refractivity contribution in [1.29, 1.82) is 0 Å². The molecule has 5 heteroatoms. The van der Waals surface area contributed by atoms with Crippen LogP contribution in [0, 0.1) is 0 Å². The summed E-state index contributed by atoms with van der Waals surface area (Å²) >= 11 is 1.72. The second kappa shape index (κ2) is 7.00. The molecule has 0 spiro atoms. The van der Waals surface area contributed by atoms with Crippen molar-refractivity contribution in [3.63, 3.8) is 0 Å². The van der Waals surface area contributed by atoms with Crippen molar-refractivity contribution < 1.29 is 9.53 Å². The summed E-state index contributed by atoms with van der Waals surface area (Å²) < 4.78 is 5.31. The summed E-state index contributed by atoms with van der Waals surface area (Å²) in [7, 11) is 1.69. The number of nitrogens with zero attached hydrogens (tertiary/aromatic N) is 2. The summed E-state index contributed by atoms with van der Waals surface area (Å²) in [6.07, 6.45) is 0.857. The summed E-state index contributed by atoms with van der Waals surface area (Å²) in [4.78, 5) is 18.5. The normalized spacial score (nSPS) is 19.6. The molecule has 1 atom stereocenters. The van der Waals surface area contributed by atoms with E-state index in [-0.39, 0.29) is 11.2 Å².